The summed E-state index contributed by atoms with van der Waals surface area (Å²) in [7, 11) is 1.46. The number of aromatic nitrogens is 2. The van der Waals surface area contributed by atoms with Gasteiger partial charge in [0.2, 0.25) is 5.91 Å². The average molecular weight is 370 g/mol. The highest BCUT2D eigenvalue weighted by Gasteiger charge is 2.32. The lowest BCUT2D eigenvalue weighted by Crippen LogP contribution is -2.25. The Morgan fingerprint density at radius 2 is 1.85 bits per heavy atom. The Bertz CT molecular complexity index is 847. The zero-order valence-electron chi connectivity index (χ0n) is 16.2. The van der Waals surface area contributed by atoms with E-state index in [2.05, 4.69) is 36.5 Å². The van der Waals surface area contributed by atoms with E-state index in [1.807, 2.05) is 10.7 Å². The minimum absolute atomic E-state index is 0.0230. The Labute approximate surface area is 159 Å². The number of benzene rings is 1. The topological polar surface area (TPSA) is 85.3 Å². The molecule has 0 radical (unpaired) electrons. The lowest BCUT2D eigenvalue weighted by molar-refractivity contribution is -0.119. The highest BCUT2D eigenvalue weighted by molar-refractivity contribution is 6.03. The number of nitrogens with one attached hydrogen (secondary N) is 2. The molecule has 0 bridgehead atoms. The first-order valence-electron chi connectivity index (χ1n) is 9.08. The van der Waals surface area contributed by atoms with Crippen molar-refractivity contribution in [3.8, 4) is 0 Å². The van der Waals surface area contributed by atoms with Crippen molar-refractivity contribution in [1.29, 1.82) is 0 Å². The van der Waals surface area contributed by atoms with Crippen LogP contribution >= 0.6 is 0 Å². The summed E-state index contributed by atoms with van der Waals surface area (Å²) in [6, 6.07) is 8.88. The van der Waals surface area contributed by atoms with Crippen LogP contribution in [0.2, 0.25) is 0 Å². The molecule has 1 aliphatic rings. The summed E-state index contributed by atoms with van der Waals surface area (Å²) >= 11 is 0. The molecule has 2 amide bonds. The van der Waals surface area contributed by atoms with Gasteiger partial charge in [-0.3, -0.25) is 14.3 Å². The van der Waals surface area contributed by atoms with E-state index < -0.39 is 0 Å². The smallest absolute Gasteiger partial charge is 0.276 e. The average Bonchev–Trinajstić information content (AvgIpc) is 3.32. The minimum Gasteiger partial charge on any atom is -0.375 e. The van der Waals surface area contributed by atoms with E-state index in [1.54, 1.807) is 24.3 Å². The largest absolute Gasteiger partial charge is 0.375 e. The Hall–Kier alpha value is -2.67. The van der Waals surface area contributed by atoms with Crippen molar-refractivity contribution in [3.05, 3.63) is 41.7 Å². The van der Waals surface area contributed by atoms with E-state index in [4.69, 9.17) is 4.74 Å². The molecule has 1 saturated carbocycles. The number of hydrogen-bond donors (Lipinski definition) is 2. The maximum absolute atomic E-state index is 12.7. The number of anilines is 2. The number of amides is 2. The van der Waals surface area contributed by atoms with E-state index in [9.17, 15) is 9.59 Å². The van der Waals surface area contributed by atoms with Gasteiger partial charge in [0, 0.05) is 30.1 Å². The first-order chi connectivity index (χ1) is 12.8. The Morgan fingerprint density at radius 3 is 2.44 bits per heavy atom. The van der Waals surface area contributed by atoms with Crippen molar-refractivity contribution >= 4 is 23.2 Å². The summed E-state index contributed by atoms with van der Waals surface area (Å²) in [6.45, 7) is 6.23. The zero-order valence-corrected chi connectivity index (χ0v) is 16.2. The predicted molar refractivity (Wildman–Crippen MR) is 104 cm³/mol. The van der Waals surface area contributed by atoms with Gasteiger partial charge in [0.05, 0.1) is 5.54 Å². The molecule has 2 N–H and O–H groups in total. The molecule has 1 fully saturated rings. The van der Waals surface area contributed by atoms with Crippen molar-refractivity contribution in [2.24, 2.45) is 0 Å². The molecule has 7 heteroatoms. The summed E-state index contributed by atoms with van der Waals surface area (Å²) in [4.78, 5) is 24.3. The van der Waals surface area contributed by atoms with Gasteiger partial charge in [-0.2, -0.15) is 5.10 Å². The van der Waals surface area contributed by atoms with Crippen LogP contribution in [0, 0.1) is 0 Å². The van der Waals surface area contributed by atoms with Gasteiger partial charge in [0.1, 0.15) is 6.61 Å². The molecule has 1 aromatic heterocycles. The van der Waals surface area contributed by atoms with Crippen molar-refractivity contribution < 1.29 is 14.3 Å². The van der Waals surface area contributed by atoms with Gasteiger partial charge in [-0.15, -0.1) is 0 Å². The molecule has 2 aromatic rings. The highest BCUT2D eigenvalue weighted by Crippen LogP contribution is 2.41. The Balaban J connectivity index is 1.75. The first-order valence-corrected chi connectivity index (χ1v) is 9.08. The molecule has 27 heavy (non-hydrogen) atoms. The summed E-state index contributed by atoms with van der Waals surface area (Å²) in [6.07, 6.45) is 2.29. The van der Waals surface area contributed by atoms with E-state index in [0.717, 1.165) is 18.5 Å². The lowest BCUT2D eigenvalue weighted by atomic mass is 10.1. The number of carbonyl (C=O) groups is 2. The Morgan fingerprint density at radius 1 is 1.19 bits per heavy atom. The van der Waals surface area contributed by atoms with Crippen molar-refractivity contribution in [1.82, 2.24) is 9.78 Å². The molecule has 3 rings (SSSR count). The van der Waals surface area contributed by atoms with Crippen LogP contribution in [0.3, 0.4) is 0 Å². The fourth-order valence-electron chi connectivity index (χ4n) is 2.91. The van der Waals surface area contributed by atoms with Crippen LogP contribution in [-0.2, 0) is 15.1 Å². The Kier molecular flexibility index (Phi) is 5.32. The van der Waals surface area contributed by atoms with Crippen LogP contribution in [0.25, 0.3) is 0 Å². The number of nitrogens with zero attached hydrogens (tertiary/aromatic N) is 2. The molecule has 0 saturated heterocycles. The quantitative estimate of drug-likeness (QED) is 0.816. The van der Waals surface area contributed by atoms with Crippen LogP contribution < -0.4 is 10.6 Å². The van der Waals surface area contributed by atoms with Crippen molar-refractivity contribution in [2.45, 2.75) is 45.1 Å². The minimum atomic E-state index is -0.264. The summed E-state index contributed by atoms with van der Waals surface area (Å²) in [5.74, 6) is -0.0168. The third-order valence-electron chi connectivity index (χ3n) is 4.28. The maximum Gasteiger partial charge on any atom is 0.276 e. The number of rotatable bonds is 6. The number of carbonyl (C=O) groups excluding carboxylic acids is 2. The first kappa shape index (κ1) is 19.1. The molecule has 1 aromatic carbocycles. The number of ether oxygens (including phenoxy) is 1. The molecule has 0 spiro atoms. The molecule has 0 unspecified atom stereocenters. The van der Waals surface area contributed by atoms with E-state index in [0.29, 0.717) is 23.0 Å². The lowest BCUT2D eigenvalue weighted by Gasteiger charge is -2.22. The summed E-state index contributed by atoms with van der Waals surface area (Å²) in [5, 5.41) is 10.1. The predicted octanol–water partition coefficient (Wildman–Crippen LogP) is 3.35. The van der Waals surface area contributed by atoms with Gasteiger partial charge < -0.3 is 15.4 Å². The van der Waals surface area contributed by atoms with E-state index in [1.165, 1.54) is 7.11 Å². The van der Waals surface area contributed by atoms with Crippen LogP contribution in [0.1, 0.15) is 55.7 Å². The van der Waals surface area contributed by atoms with Crippen molar-refractivity contribution in [3.63, 3.8) is 0 Å². The molecule has 7 nitrogen and oxygen atoms in total. The molecular formula is C20H26N4O3. The number of hydrogen-bond acceptors (Lipinski definition) is 4. The van der Waals surface area contributed by atoms with E-state index >= 15 is 0 Å². The van der Waals surface area contributed by atoms with E-state index in [-0.39, 0.29) is 24.0 Å². The summed E-state index contributed by atoms with van der Waals surface area (Å²) < 4.78 is 6.76. The van der Waals surface area contributed by atoms with Crippen molar-refractivity contribution in [2.75, 3.05) is 24.4 Å². The van der Waals surface area contributed by atoms with Gasteiger partial charge in [-0.25, -0.2) is 0 Å². The fraction of sp³-hybridized carbons (Fsp3) is 0.450. The second kappa shape index (κ2) is 7.52. The molecule has 1 heterocycles. The SMILES string of the molecule is COCC(=O)Nc1cccc(NC(=O)c2cc(C3CC3)n(C(C)(C)C)n2)c1. The standard InChI is InChI=1S/C20H26N4O3/c1-20(2,3)24-17(13-8-9-13)11-16(23-24)19(26)22-15-7-5-6-14(10-15)21-18(25)12-27-4/h5-7,10-11,13H,8-9,12H2,1-4H3,(H,21,25)(H,22,26). The molecular weight excluding hydrogens is 344 g/mol. The van der Waals surface area contributed by atoms with Crippen LogP contribution in [0.5, 0.6) is 0 Å². The molecule has 0 atom stereocenters. The third kappa shape index (κ3) is 4.74. The highest BCUT2D eigenvalue weighted by atomic mass is 16.5. The molecule has 144 valence electrons. The summed E-state index contributed by atoms with van der Waals surface area (Å²) in [5.41, 5.74) is 2.53. The molecule has 0 aliphatic heterocycles. The van der Waals surface area contributed by atoms with Gasteiger partial charge in [-0.1, -0.05) is 6.07 Å². The van der Waals surface area contributed by atoms with Crippen LogP contribution in [0.15, 0.2) is 30.3 Å². The second-order valence-corrected chi connectivity index (χ2v) is 7.83. The number of methoxy groups -OCH3 is 1. The zero-order chi connectivity index (χ0) is 19.6. The van der Waals surface area contributed by atoms with Gasteiger partial charge >= 0.3 is 0 Å². The maximum atomic E-state index is 12.7. The van der Waals surface area contributed by atoms with Crippen LogP contribution in [-0.4, -0.2) is 35.3 Å². The fourth-order valence-corrected chi connectivity index (χ4v) is 2.91. The third-order valence-corrected chi connectivity index (χ3v) is 4.28. The van der Waals surface area contributed by atoms with Crippen LogP contribution in [0.4, 0.5) is 11.4 Å². The molecule has 1 aliphatic carbocycles. The van der Waals surface area contributed by atoms with Gasteiger partial charge in [0.15, 0.2) is 5.69 Å². The van der Waals surface area contributed by atoms with Gasteiger partial charge in [0.25, 0.3) is 5.91 Å². The second-order valence-electron chi connectivity index (χ2n) is 7.83. The normalized spacial score (nSPS) is 14.1. The monoisotopic (exact) mass is 370 g/mol. The van der Waals surface area contributed by atoms with Gasteiger partial charge in [-0.05, 0) is 57.9 Å².